The molecule has 2 aromatic rings. The lowest BCUT2D eigenvalue weighted by Crippen LogP contribution is -2.43. The quantitative estimate of drug-likeness (QED) is 0.800. The highest BCUT2D eigenvalue weighted by molar-refractivity contribution is 7.10. The van der Waals surface area contributed by atoms with Crippen LogP contribution >= 0.6 is 11.3 Å². The fourth-order valence-corrected chi connectivity index (χ4v) is 4.02. The van der Waals surface area contributed by atoms with Crippen molar-refractivity contribution in [1.29, 1.82) is 0 Å². The number of piperidine rings is 1. The van der Waals surface area contributed by atoms with Crippen molar-refractivity contribution in [2.75, 3.05) is 13.1 Å². The number of fused-ring (bicyclic) bond motifs is 1. The maximum absolute atomic E-state index is 12.4. The summed E-state index contributed by atoms with van der Waals surface area (Å²) in [5, 5.41) is 5.84. The molecule has 0 radical (unpaired) electrons. The SMILES string of the molecule is Cc1noc([C@@H]2C[C@@H]3CN(C(=O)/C=C/c4cccs4)CC[C@@H]3O2)n1. The van der Waals surface area contributed by atoms with Crippen molar-refractivity contribution in [3.05, 3.63) is 40.2 Å². The molecule has 0 spiro atoms. The van der Waals surface area contributed by atoms with Crippen LogP contribution in [-0.2, 0) is 9.53 Å². The van der Waals surface area contributed by atoms with Crippen LogP contribution in [0, 0.1) is 12.8 Å². The van der Waals surface area contributed by atoms with Crippen LogP contribution in [0.2, 0.25) is 0 Å². The van der Waals surface area contributed by atoms with E-state index in [4.69, 9.17) is 9.26 Å². The number of amides is 1. The number of likely N-dealkylation sites (tertiary alicyclic amines) is 1. The van der Waals surface area contributed by atoms with Crippen molar-refractivity contribution in [1.82, 2.24) is 15.0 Å². The Morgan fingerprint density at radius 2 is 2.42 bits per heavy atom. The van der Waals surface area contributed by atoms with Crippen molar-refractivity contribution < 1.29 is 14.1 Å². The van der Waals surface area contributed by atoms with Gasteiger partial charge in [-0.3, -0.25) is 4.79 Å². The van der Waals surface area contributed by atoms with E-state index < -0.39 is 0 Å². The molecule has 1 amide bonds. The van der Waals surface area contributed by atoms with E-state index in [0.29, 0.717) is 17.6 Å². The molecule has 0 N–H and O–H groups in total. The molecule has 3 atom stereocenters. The topological polar surface area (TPSA) is 68.5 Å². The van der Waals surface area contributed by atoms with Gasteiger partial charge in [0.05, 0.1) is 6.10 Å². The minimum Gasteiger partial charge on any atom is -0.365 e. The van der Waals surface area contributed by atoms with Gasteiger partial charge in [-0.2, -0.15) is 4.98 Å². The zero-order valence-electron chi connectivity index (χ0n) is 13.4. The van der Waals surface area contributed by atoms with Crippen molar-refractivity contribution in [2.45, 2.75) is 32.0 Å². The summed E-state index contributed by atoms with van der Waals surface area (Å²) >= 11 is 1.63. The third kappa shape index (κ3) is 3.14. The minimum absolute atomic E-state index is 0.0685. The van der Waals surface area contributed by atoms with Crippen LogP contribution < -0.4 is 0 Å². The van der Waals surface area contributed by atoms with E-state index in [1.54, 1.807) is 24.3 Å². The van der Waals surface area contributed by atoms with Gasteiger partial charge in [-0.25, -0.2) is 0 Å². The Bertz CT molecular complexity index is 740. The molecular weight excluding hydrogens is 326 g/mol. The number of carbonyl (C=O) groups excluding carboxylic acids is 1. The summed E-state index contributed by atoms with van der Waals surface area (Å²) in [5.41, 5.74) is 0. The Kier molecular flexibility index (Phi) is 4.20. The maximum atomic E-state index is 12.4. The predicted molar refractivity (Wildman–Crippen MR) is 89.3 cm³/mol. The van der Waals surface area contributed by atoms with Crippen LogP contribution in [0.1, 0.15) is 35.5 Å². The van der Waals surface area contributed by atoms with E-state index in [0.717, 1.165) is 30.8 Å². The van der Waals surface area contributed by atoms with Gasteiger partial charge in [0.2, 0.25) is 5.91 Å². The zero-order chi connectivity index (χ0) is 16.5. The third-order valence-electron chi connectivity index (χ3n) is 4.58. The molecule has 24 heavy (non-hydrogen) atoms. The number of ether oxygens (including phenoxy) is 1. The molecule has 126 valence electrons. The highest BCUT2D eigenvalue weighted by Crippen LogP contribution is 2.40. The molecule has 7 heteroatoms. The summed E-state index contributed by atoms with van der Waals surface area (Å²) in [6.45, 7) is 3.25. The molecule has 2 aromatic heterocycles. The zero-order valence-corrected chi connectivity index (χ0v) is 14.2. The standard InChI is InChI=1S/C17H19N3O3S/c1-11-18-17(23-19-11)15-9-12-10-20(7-6-14(12)22-15)16(21)5-4-13-3-2-8-24-13/h2-5,8,12,14-15H,6-7,9-10H2,1H3/b5-4+/t12-,14+,15+/m1/s1. The largest absolute Gasteiger partial charge is 0.365 e. The second-order valence-electron chi connectivity index (χ2n) is 6.26. The number of nitrogens with zero attached hydrogens (tertiary/aromatic N) is 3. The lowest BCUT2D eigenvalue weighted by Gasteiger charge is -2.33. The van der Waals surface area contributed by atoms with Crippen LogP contribution in [-0.4, -0.2) is 40.1 Å². The minimum atomic E-state index is -0.141. The van der Waals surface area contributed by atoms with Crippen molar-refractivity contribution >= 4 is 23.3 Å². The van der Waals surface area contributed by atoms with Gasteiger partial charge in [-0.1, -0.05) is 11.2 Å². The maximum Gasteiger partial charge on any atom is 0.255 e. The summed E-state index contributed by atoms with van der Waals surface area (Å²) in [7, 11) is 0. The molecule has 2 saturated heterocycles. The Labute approximate surface area is 144 Å². The van der Waals surface area contributed by atoms with Gasteiger partial charge in [0.25, 0.3) is 5.89 Å². The molecule has 4 heterocycles. The third-order valence-corrected chi connectivity index (χ3v) is 5.42. The average Bonchev–Trinajstić information content (AvgIpc) is 3.31. The molecule has 6 nitrogen and oxygen atoms in total. The molecule has 0 saturated carbocycles. The van der Waals surface area contributed by atoms with Crippen molar-refractivity contribution in [2.24, 2.45) is 5.92 Å². The first-order chi connectivity index (χ1) is 11.7. The normalized spacial score (nSPS) is 26.9. The number of rotatable bonds is 3. The number of thiophene rings is 1. The van der Waals surface area contributed by atoms with Gasteiger partial charge in [0.15, 0.2) is 5.82 Å². The summed E-state index contributed by atoms with van der Waals surface area (Å²) in [4.78, 5) is 19.7. The first-order valence-corrected chi connectivity index (χ1v) is 9.03. The second kappa shape index (κ2) is 6.49. The van der Waals surface area contributed by atoms with E-state index in [1.807, 2.05) is 28.5 Å². The molecule has 0 bridgehead atoms. The Morgan fingerprint density at radius 3 is 3.17 bits per heavy atom. The molecule has 4 rings (SSSR count). The fraction of sp³-hybridized carbons (Fsp3) is 0.471. The first kappa shape index (κ1) is 15.5. The molecule has 0 aromatic carbocycles. The van der Waals surface area contributed by atoms with Crippen LogP contribution in [0.15, 0.2) is 28.1 Å². The Morgan fingerprint density at radius 1 is 1.50 bits per heavy atom. The fourth-order valence-electron chi connectivity index (χ4n) is 3.41. The monoisotopic (exact) mass is 345 g/mol. The Hall–Kier alpha value is -1.99. The van der Waals surface area contributed by atoms with E-state index in [1.165, 1.54) is 0 Å². The highest BCUT2D eigenvalue weighted by atomic mass is 32.1. The van der Waals surface area contributed by atoms with Gasteiger partial charge in [-0.05, 0) is 37.3 Å². The van der Waals surface area contributed by atoms with Crippen molar-refractivity contribution in [3.8, 4) is 0 Å². The van der Waals surface area contributed by atoms with Gasteiger partial charge in [-0.15, -0.1) is 11.3 Å². The number of hydrogen-bond donors (Lipinski definition) is 0. The molecule has 0 unspecified atom stereocenters. The van der Waals surface area contributed by atoms with Crippen LogP contribution in [0.3, 0.4) is 0 Å². The van der Waals surface area contributed by atoms with Crippen molar-refractivity contribution in [3.63, 3.8) is 0 Å². The number of hydrogen-bond acceptors (Lipinski definition) is 6. The van der Waals surface area contributed by atoms with Crippen LogP contribution in [0.25, 0.3) is 6.08 Å². The number of aryl methyl sites for hydroxylation is 1. The van der Waals surface area contributed by atoms with Gasteiger partial charge in [0, 0.05) is 30.0 Å². The lowest BCUT2D eigenvalue weighted by molar-refractivity contribution is -0.129. The molecule has 2 aliphatic heterocycles. The number of aromatic nitrogens is 2. The molecule has 0 aliphatic carbocycles. The van der Waals surface area contributed by atoms with Crippen LogP contribution in [0.5, 0.6) is 0 Å². The van der Waals surface area contributed by atoms with E-state index in [2.05, 4.69) is 10.1 Å². The van der Waals surface area contributed by atoms with E-state index in [9.17, 15) is 4.79 Å². The Balaban J connectivity index is 1.38. The molecule has 2 aliphatic rings. The smallest absolute Gasteiger partial charge is 0.255 e. The van der Waals surface area contributed by atoms with Gasteiger partial charge in [0.1, 0.15) is 6.10 Å². The molecule has 2 fully saturated rings. The average molecular weight is 345 g/mol. The van der Waals surface area contributed by atoms with Crippen LogP contribution in [0.4, 0.5) is 0 Å². The second-order valence-corrected chi connectivity index (χ2v) is 7.24. The van der Waals surface area contributed by atoms with Gasteiger partial charge >= 0.3 is 0 Å². The molecular formula is C17H19N3O3S. The predicted octanol–water partition coefficient (Wildman–Crippen LogP) is 2.83. The summed E-state index contributed by atoms with van der Waals surface area (Å²) in [6.07, 6.45) is 5.26. The van der Waals surface area contributed by atoms with E-state index >= 15 is 0 Å². The van der Waals surface area contributed by atoms with Gasteiger partial charge < -0.3 is 14.2 Å². The summed E-state index contributed by atoms with van der Waals surface area (Å²) in [5.74, 6) is 1.57. The lowest BCUT2D eigenvalue weighted by atomic mass is 9.92. The number of carbonyl (C=O) groups is 1. The first-order valence-electron chi connectivity index (χ1n) is 8.15. The summed E-state index contributed by atoms with van der Waals surface area (Å²) in [6, 6.07) is 3.98. The summed E-state index contributed by atoms with van der Waals surface area (Å²) < 4.78 is 11.3. The van der Waals surface area contributed by atoms with E-state index in [-0.39, 0.29) is 18.1 Å². The highest BCUT2D eigenvalue weighted by Gasteiger charge is 2.42.